The van der Waals surface area contributed by atoms with E-state index in [1.807, 2.05) is 12.1 Å². The van der Waals surface area contributed by atoms with Crippen LogP contribution in [0.1, 0.15) is 22.2 Å². The van der Waals surface area contributed by atoms with Crippen molar-refractivity contribution in [1.29, 1.82) is 0 Å². The molecule has 2 aromatic rings. The second-order valence-electron chi connectivity index (χ2n) is 3.84. The standard InChI is InChI=1S/C13H12ClIN2O2S/c1-2-19-12(18)10-5-8(15)3-4-11(10)16-6-9-7-17-13(14)20-9/h3-5,7,16H,2,6H2,1H3. The summed E-state index contributed by atoms with van der Waals surface area (Å²) in [7, 11) is 0. The van der Waals surface area contributed by atoms with Gasteiger partial charge in [0, 0.05) is 20.3 Å². The van der Waals surface area contributed by atoms with E-state index >= 15 is 0 Å². The van der Waals surface area contributed by atoms with E-state index in [9.17, 15) is 4.79 Å². The summed E-state index contributed by atoms with van der Waals surface area (Å²) in [5.74, 6) is -0.323. The molecule has 2 rings (SSSR count). The van der Waals surface area contributed by atoms with Gasteiger partial charge in [-0.25, -0.2) is 9.78 Å². The van der Waals surface area contributed by atoms with Crippen LogP contribution in [-0.2, 0) is 11.3 Å². The molecule has 1 aromatic carbocycles. The molecule has 1 aromatic heterocycles. The summed E-state index contributed by atoms with van der Waals surface area (Å²) in [4.78, 5) is 16.9. The summed E-state index contributed by atoms with van der Waals surface area (Å²) in [6.45, 7) is 2.71. The number of benzene rings is 1. The van der Waals surface area contributed by atoms with Crippen LogP contribution in [0.3, 0.4) is 0 Å². The highest BCUT2D eigenvalue weighted by molar-refractivity contribution is 14.1. The summed E-state index contributed by atoms with van der Waals surface area (Å²) in [6.07, 6.45) is 1.72. The number of hydrogen-bond acceptors (Lipinski definition) is 5. The molecule has 0 bridgehead atoms. The molecular weight excluding hydrogens is 411 g/mol. The number of nitrogens with zero attached hydrogens (tertiary/aromatic N) is 1. The highest BCUT2D eigenvalue weighted by Gasteiger charge is 2.13. The number of carbonyl (C=O) groups is 1. The lowest BCUT2D eigenvalue weighted by Gasteiger charge is -2.11. The van der Waals surface area contributed by atoms with Crippen LogP contribution >= 0.6 is 45.5 Å². The first-order chi connectivity index (χ1) is 9.60. The van der Waals surface area contributed by atoms with E-state index in [0.29, 0.717) is 23.2 Å². The average molecular weight is 423 g/mol. The Bertz CT molecular complexity index is 618. The van der Waals surface area contributed by atoms with E-state index in [1.54, 1.807) is 19.2 Å². The summed E-state index contributed by atoms with van der Waals surface area (Å²) in [5.41, 5.74) is 1.28. The van der Waals surface area contributed by atoms with Gasteiger partial charge in [-0.15, -0.1) is 11.3 Å². The fraction of sp³-hybridized carbons (Fsp3) is 0.231. The fourth-order valence-corrected chi connectivity index (χ4v) is 3.00. The Balaban J connectivity index is 2.16. The van der Waals surface area contributed by atoms with Crippen LogP contribution in [-0.4, -0.2) is 17.6 Å². The van der Waals surface area contributed by atoms with Crippen molar-refractivity contribution < 1.29 is 9.53 Å². The molecule has 4 nitrogen and oxygen atoms in total. The molecule has 106 valence electrons. The smallest absolute Gasteiger partial charge is 0.340 e. The number of aromatic nitrogens is 1. The molecule has 1 heterocycles. The SMILES string of the molecule is CCOC(=O)c1cc(I)ccc1NCc1cnc(Cl)s1. The summed E-state index contributed by atoms with van der Waals surface area (Å²) >= 11 is 9.37. The number of carbonyl (C=O) groups excluding carboxylic acids is 1. The van der Waals surface area contributed by atoms with Gasteiger partial charge < -0.3 is 10.1 Å². The van der Waals surface area contributed by atoms with E-state index < -0.39 is 0 Å². The van der Waals surface area contributed by atoms with Crippen LogP contribution in [0.15, 0.2) is 24.4 Å². The van der Waals surface area contributed by atoms with E-state index in [-0.39, 0.29) is 5.97 Å². The molecule has 0 fully saturated rings. The highest BCUT2D eigenvalue weighted by atomic mass is 127. The molecule has 0 aliphatic heterocycles. The minimum absolute atomic E-state index is 0.323. The number of anilines is 1. The maximum Gasteiger partial charge on any atom is 0.340 e. The molecule has 0 radical (unpaired) electrons. The number of thiazole rings is 1. The highest BCUT2D eigenvalue weighted by Crippen LogP contribution is 2.23. The lowest BCUT2D eigenvalue weighted by molar-refractivity contribution is 0.0527. The fourth-order valence-electron chi connectivity index (χ4n) is 1.60. The Labute approximate surface area is 139 Å². The zero-order valence-electron chi connectivity index (χ0n) is 10.7. The quantitative estimate of drug-likeness (QED) is 0.580. The number of rotatable bonds is 5. The first-order valence-corrected chi connectivity index (χ1v) is 8.18. The van der Waals surface area contributed by atoms with Crippen molar-refractivity contribution in [2.75, 3.05) is 11.9 Å². The molecule has 0 spiro atoms. The molecule has 7 heteroatoms. The van der Waals surface area contributed by atoms with E-state index in [1.165, 1.54) is 11.3 Å². The van der Waals surface area contributed by atoms with Crippen LogP contribution in [0.2, 0.25) is 4.47 Å². The van der Waals surface area contributed by atoms with Crippen molar-refractivity contribution in [3.05, 3.63) is 42.9 Å². The van der Waals surface area contributed by atoms with Gasteiger partial charge in [-0.05, 0) is 47.7 Å². The van der Waals surface area contributed by atoms with Gasteiger partial charge in [0.25, 0.3) is 0 Å². The van der Waals surface area contributed by atoms with Gasteiger partial charge in [-0.3, -0.25) is 0 Å². The third-order valence-corrected chi connectivity index (χ3v) is 4.24. The summed E-state index contributed by atoms with van der Waals surface area (Å²) in [6, 6.07) is 5.61. The zero-order valence-corrected chi connectivity index (χ0v) is 14.4. The molecule has 20 heavy (non-hydrogen) atoms. The van der Waals surface area contributed by atoms with Gasteiger partial charge in [0.05, 0.1) is 18.7 Å². The van der Waals surface area contributed by atoms with Gasteiger partial charge in [0.15, 0.2) is 4.47 Å². The second kappa shape index (κ2) is 7.24. The van der Waals surface area contributed by atoms with E-state index in [2.05, 4.69) is 32.9 Å². The molecule has 0 aliphatic carbocycles. The average Bonchev–Trinajstić information content (AvgIpc) is 2.83. The predicted molar refractivity (Wildman–Crippen MR) is 89.6 cm³/mol. The third kappa shape index (κ3) is 4.07. The number of ether oxygens (including phenoxy) is 1. The van der Waals surface area contributed by atoms with Gasteiger partial charge in [0.2, 0.25) is 0 Å². The third-order valence-electron chi connectivity index (χ3n) is 2.46. The van der Waals surface area contributed by atoms with Crippen LogP contribution in [0, 0.1) is 3.57 Å². The number of esters is 1. The van der Waals surface area contributed by atoms with Gasteiger partial charge in [-0.2, -0.15) is 0 Å². The topological polar surface area (TPSA) is 51.2 Å². The molecule has 0 aliphatic rings. The number of nitrogens with one attached hydrogen (secondary N) is 1. The number of hydrogen-bond donors (Lipinski definition) is 1. The molecule has 1 N–H and O–H groups in total. The Morgan fingerprint density at radius 2 is 2.35 bits per heavy atom. The maximum atomic E-state index is 11.9. The Morgan fingerprint density at radius 1 is 1.55 bits per heavy atom. The van der Waals surface area contributed by atoms with Crippen LogP contribution < -0.4 is 5.32 Å². The molecule has 0 atom stereocenters. The van der Waals surface area contributed by atoms with E-state index in [4.69, 9.17) is 16.3 Å². The van der Waals surface area contributed by atoms with Crippen molar-refractivity contribution in [2.45, 2.75) is 13.5 Å². The van der Waals surface area contributed by atoms with Crippen molar-refractivity contribution in [1.82, 2.24) is 4.98 Å². The van der Waals surface area contributed by atoms with Crippen LogP contribution in [0.5, 0.6) is 0 Å². The van der Waals surface area contributed by atoms with E-state index in [0.717, 1.165) is 14.1 Å². The Kier molecular flexibility index (Phi) is 5.62. The first kappa shape index (κ1) is 15.5. The lowest BCUT2D eigenvalue weighted by Crippen LogP contribution is -2.10. The van der Waals surface area contributed by atoms with Gasteiger partial charge in [0.1, 0.15) is 0 Å². The zero-order chi connectivity index (χ0) is 14.5. The molecule has 0 saturated heterocycles. The largest absolute Gasteiger partial charge is 0.462 e. The Morgan fingerprint density at radius 3 is 3.00 bits per heavy atom. The lowest BCUT2D eigenvalue weighted by atomic mass is 10.2. The molecule has 0 amide bonds. The second-order valence-corrected chi connectivity index (χ2v) is 6.79. The first-order valence-electron chi connectivity index (χ1n) is 5.91. The molecular formula is C13H12ClIN2O2S. The summed E-state index contributed by atoms with van der Waals surface area (Å²) < 4.78 is 6.56. The van der Waals surface area contributed by atoms with Crippen molar-refractivity contribution in [3.63, 3.8) is 0 Å². The van der Waals surface area contributed by atoms with Crippen LogP contribution in [0.4, 0.5) is 5.69 Å². The maximum absolute atomic E-state index is 11.9. The normalized spacial score (nSPS) is 10.3. The molecule has 0 unspecified atom stereocenters. The van der Waals surface area contributed by atoms with Gasteiger partial charge >= 0.3 is 5.97 Å². The minimum atomic E-state index is -0.323. The molecule has 0 saturated carbocycles. The van der Waals surface area contributed by atoms with Crippen LogP contribution in [0.25, 0.3) is 0 Å². The number of halogens is 2. The van der Waals surface area contributed by atoms with Crippen molar-refractivity contribution in [3.8, 4) is 0 Å². The predicted octanol–water partition coefficient (Wildman–Crippen LogP) is 4.19. The van der Waals surface area contributed by atoms with Crippen molar-refractivity contribution >= 4 is 57.2 Å². The monoisotopic (exact) mass is 422 g/mol. The van der Waals surface area contributed by atoms with Gasteiger partial charge in [-0.1, -0.05) is 11.6 Å². The summed E-state index contributed by atoms with van der Waals surface area (Å²) in [5, 5.41) is 3.22. The van der Waals surface area contributed by atoms with Crippen molar-refractivity contribution in [2.24, 2.45) is 0 Å². The minimum Gasteiger partial charge on any atom is -0.462 e. The Hall–Kier alpha value is -0.860.